The molecule has 9 rings (SSSR count). The molecule has 0 aliphatic carbocycles. The lowest BCUT2D eigenvalue weighted by Gasteiger charge is -2.12. The van der Waals surface area contributed by atoms with Crippen LogP contribution in [0.5, 0.6) is 0 Å². The van der Waals surface area contributed by atoms with Gasteiger partial charge in [0, 0.05) is 33.2 Å². The number of rotatable bonds is 6. The Hall–Kier alpha value is -6.65. The average molecular weight is 627 g/mol. The standard InChI is InChI=1S/C45H30N4/c1-3-14-31(15-4-1)33-18-11-19-34(28-33)35-20-12-21-36(29-35)44-46-43(32-16-5-2-6-17-32)47-45(48-44)37-22-13-23-38(30-37)49-41-26-9-7-24-39(41)40-25-8-10-27-42(40)49/h1-30H. The van der Waals surface area contributed by atoms with Gasteiger partial charge in [0.25, 0.3) is 0 Å². The van der Waals surface area contributed by atoms with Crippen LogP contribution in [0.2, 0.25) is 0 Å². The van der Waals surface area contributed by atoms with Crippen molar-refractivity contribution < 1.29 is 0 Å². The van der Waals surface area contributed by atoms with Crippen molar-refractivity contribution in [3.05, 3.63) is 182 Å². The molecule has 0 bridgehead atoms. The summed E-state index contributed by atoms with van der Waals surface area (Å²) in [6, 6.07) is 63.4. The molecule has 49 heavy (non-hydrogen) atoms. The number of hydrogen-bond donors (Lipinski definition) is 0. The monoisotopic (exact) mass is 626 g/mol. The molecule has 0 spiro atoms. The Bertz CT molecular complexity index is 2550. The van der Waals surface area contributed by atoms with Gasteiger partial charge in [-0.15, -0.1) is 0 Å². The second kappa shape index (κ2) is 12.2. The number of fused-ring (bicyclic) bond motifs is 3. The molecule has 0 amide bonds. The van der Waals surface area contributed by atoms with Gasteiger partial charge in [-0.1, -0.05) is 146 Å². The zero-order valence-electron chi connectivity index (χ0n) is 26.6. The Kier molecular flexibility index (Phi) is 7.10. The first-order valence-electron chi connectivity index (χ1n) is 16.5. The van der Waals surface area contributed by atoms with Gasteiger partial charge >= 0.3 is 0 Å². The molecular weight excluding hydrogens is 597 g/mol. The Morgan fingerprint density at radius 1 is 0.286 bits per heavy atom. The predicted molar refractivity (Wildman–Crippen MR) is 201 cm³/mol. The fourth-order valence-electron chi connectivity index (χ4n) is 6.68. The highest BCUT2D eigenvalue weighted by Gasteiger charge is 2.16. The van der Waals surface area contributed by atoms with Crippen LogP contribution in [-0.4, -0.2) is 19.5 Å². The number of aromatic nitrogens is 4. The van der Waals surface area contributed by atoms with Crippen LogP contribution >= 0.6 is 0 Å². The topological polar surface area (TPSA) is 43.6 Å². The average Bonchev–Trinajstić information content (AvgIpc) is 3.53. The van der Waals surface area contributed by atoms with Gasteiger partial charge in [0.2, 0.25) is 0 Å². The summed E-state index contributed by atoms with van der Waals surface area (Å²) >= 11 is 0. The normalized spacial score (nSPS) is 11.3. The smallest absolute Gasteiger partial charge is 0.164 e. The van der Waals surface area contributed by atoms with Crippen molar-refractivity contribution in [2.24, 2.45) is 0 Å². The maximum atomic E-state index is 5.11. The molecule has 0 fully saturated rings. The lowest BCUT2D eigenvalue weighted by molar-refractivity contribution is 1.07. The minimum Gasteiger partial charge on any atom is -0.309 e. The third kappa shape index (κ3) is 5.35. The first-order chi connectivity index (χ1) is 24.3. The van der Waals surface area contributed by atoms with Crippen LogP contribution < -0.4 is 0 Å². The van der Waals surface area contributed by atoms with Gasteiger partial charge in [0.1, 0.15) is 0 Å². The Morgan fingerprint density at radius 3 is 1.27 bits per heavy atom. The fourth-order valence-corrected chi connectivity index (χ4v) is 6.68. The van der Waals surface area contributed by atoms with Crippen molar-refractivity contribution >= 4 is 21.8 Å². The molecule has 0 saturated carbocycles. The van der Waals surface area contributed by atoms with E-state index in [1.165, 1.54) is 21.9 Å². The van der Waals surface area contributed by atoms with E-state index in [4.69, 9.17) is 15.0 Å². The van der Waals surface area contributed by atoms with Gasteiger partial charge in [-0.3, -0.25) is 0 Å². The summed E-state index contributed by atoms with van der Waals surface area (Å²) in [4.78, 5) is 15.2. The van der Waals surface area contributed by atoms with Crippen LogP contribution in [0.1, 0.15) is 0 Å². The van der Waals surface area contributed by atoms with E-state index >= 15 is 0 Å². The summed E-state index contributed by atoms with van der Waals surface area (Å²) in [7, 11) is 0. The van der Waals surface area contributed by atoms with Gasteiger partial charge in [-0.05, 0) is 58.7 Å². The lowest BCUT2D eigenvalue weighted by atomic mass is 9.98. The van der Waals surface area contributed by atoms with Gasteiger partial charge < -0.3 is 4.57 Å². The van der Waals surface area contributed by atoms with E-state index in [1.54, 1.807) is 0 Å². The zero-order chi connectivity index (χ0) is 32.6. The zero-order valence-corrected chi connectivity index (χ0v) is 26.6. The highest BCUT2D eigenvalue weighted by molar-refractivity contribution is 6.09. The first-order valence-corrected chi connectivity index (χ1v) is 16.5. The van der Waals surface area contributed by atoms with Crippen molar-refractivity contribution in [2.45, 2.75) is 0 Å². The summed E-state index contributed by atoms with van der Waals surface area (Å²) in [5, 5.41) is 2.46. The minimum atomic E-state index is 0.628. The summed E-state index contributed by atoms with van der Waals surface area (Å²) in [6.45, 7) is 0. The van der Waals surface area contributed by atoms with E-state index in [1.807, 2.05) is 36.4 Å². The van der Waals surface area contributed by atoms with E-state index in [0.29, 0.717) is 17.5 Å². The molecular formula is C45H30N4. The van der Waals surface area contributed by atoms with Crippen LogP contribution in [0.4, 0.5) is 0 Å². The molecule has 0 unspecified atom stereocenters. The molecule has 4 nitrogen and oxygen atoms in total. The highest BCUT2D eigenvalue weighted by atomic mass is 15.0. The summed E-state index contributed by atoms with van der Waals surface area (Å²) < 4.78 is 2.32. The predicted octanol–water partition coefficient (Wildman–Crippen LogP) is 11.3. The van der Waals surface area contributed by atoms with E-state index in [-0.39, 0.29) is 0 Å². The summed E-state index contributed by atoms with van der Waals surface area (Å²) in [6.07, 6.45) is 0. The summed E-state index contributed by atoms with van der Waals surface area (Å²) in [5.74, 6) is 1.90. The van der Waals surface area contributed by atoms with Crippen LogP contribution in [0.15, 0.2) is 182 Å². The Morgan fingerprint density at radius 2 is 0.673 bits per heavy atom. The van der Waals surface area contributed by atoms with Crippen molar-refractivity contribution in [3.8, 4) is 62.1 Å². The quantitative estimate of drug-likeness (QED) is 0.184. The number of nitrogens with zero attached hydrogens (tertiary/aromatic N) is 4. The summed E-state index contributed by atoms with van der Waals surface area (Å²) in [5.41, 5.74) is 10.8. The van der Waals surface area contributed by atoms with Crippen molar-refractivity contribution in [3.63, 3.8) is 0 Å². The van der Waals surface area contributed by atoms with Gasteiger partial charge in [0.05, 0.1) is 11.0 Å². The van der Waals surface area contributed by atoms with E-state index in [2.05, 4.69) is 150 Å². The van der Waals surface area contributed by atoms with Crippen LogP contribution in [0, 0.1) is 0 Å². The van der Waals surface area contributed by atoms with Crippen LogP contribution in [0.3, 0.4) is 0 Å². The van der Waals surface area contributed by atoms with Gasteiger partial charge in [0.15, 0.2) is 17.5 Å². The first kappa shape index (κ1) is 28.6. The molecule has 2 aromatic heterocycles. The second-order valence-corrected chi connectivity index (χ2v) is 12.1. The third-order valence-electron chi connectivity index (χ3n) is 9.03. The molecule has 7 aromatic carbocycles. The second-order valence-electron chi connectivity index (χ2n) is 12.1. The minimum absolute atomic E-state index is 0.628. The van der Waals surface area contributed by atoms with Crippen LogP contribution in [-0.2, 0) is 0 Å². The molecule has 0 radical (unpaired) electrons. The molecule has 4 heteroatoms. The van der Waals surface area contributed by atoms with Crippen molar-refractivity contribution in [1.82, 2.24) is 19.5 Å². The molecule has 0 saturated heterocycles. The molecule has 0 atom stereocenters. The Labute approximate surface area is 284 Å². The molecule has 2 heterocycles. The maximum absolute atomic E-state index is 5.11. The van der Waals surface area contributed by atoms with Gasteiger partial charge in [-0.2, -0.15) is 0 Å². The van der Waals surface area contributed by atoms with Gasteiger partial charge in [-0.25, -0.2) is 15.0 Å². The SMILES string of the molecule is c1ccc(-c2cccc(-c3cccc(-c4nc(-c5ccccc5)nc(-c5cccc(-n6c7ccccc7c7ccccc76)c5)n4)c3)c2)cc1. The van der Waals surface area contributed by atoms with E-state index < -0.39 is 0 Å². The van der Waals surface area contributed by atoms with Crippen molar-refractivity contribution in [2.75, 3.05) is 0 Å². The molecule has 0 aliphatic rings. The third-order valence-corrected chi connectivity index (χ3v) is 9.03. The highest BCUT2D eigenvalue weighted by Crippen LogP contribution is 2.34. The number of benzene rings is 7. The van der Waals surface area contributed by atoms with Crippen LogP contribution in [0.25, 0.3) is 83.9 Å². The van der Waals surface area contributed by atoms with E-state index in [0.717, 1.165) is 44.5 Å². The molecule has 9 aromatic rings. The number of para-hydroxylation sites is 2. The fraction of sp³-hybridized carbons (Fsp3) is 0. The van der Waals surface area contributed by atoms with E-state index in [9.17, 15) is 0 Å². The lowest BCUT2D eigenvalue weighted by Crippen LogP contribution is -2.01. The van der Waals surface area contributed by atoms with Crippen molar-refractivity contribution in [1.29, 1.82) is 0 Å². The molecule has 230 valence electrons. The molecule has 0 aliphatic heterocycles. The number of hydrogen-bond acceptors (Lipinski definition) is 3. The maximum Gasteiger partial charge on any atom is 0.164 e. The largest absolute Gasteiger partial charge is 0.309 e. The molecule has 0 N–H and O–H groups in total. The Balaban J connectivity index is 1.17.